The van der Waals surface area contributed by atoms with Crippen LogP contribution in [0.2, 0.25) is 5.02 Å². The molecule has 0 fully saturated rings. The minimum absolute atomic E-state index is 0.134. The van der Waals surface area contributed by atoms with Gasteiger partial charge in [0.1, 0.15) is 11.6 Å². The molecule has 1 aromatic carbocycles. The van der Waals surface area contributed by atoms with Gasteiger partial charge in [-0.25, -0.2) is 0 Å². The topological polar surface area (TPSA) is 50.9 Å². The standard InChI is InChI=1S/C14H16ClN3O/c15-12-5-1-3-10(7-12)8-13-16-17-14-11(9-19)4-2-6-18(13)14/h1,3,5,7,11,19H,2,4,6,8-9H2. The van der Waals surface area contributed by atoms with Gasteiger partial charge in [0.2, 0.25) is 0 Å². The summed E-state index contributed by atoms with van der Waals surface area (Å²) in [6.07, 6.45) is 2.79. The van der Waals surface area contributed by atoms with Crippen molar-refractivity contribution in [3.8, 4) is 0 Å². The van der Waals surface area contributed by atoms with Crippen molar-refractivity contribution in [1.29, 1.82) is 0 Å². The smallest absolute Gasteiger partial charge is 0.138 e. The van der Waals surface area contributed by atoms with E-state index < -0.39 is 0 Å². The Balaban J connectivity index is 1.88. The lowest BCUT2D eigenvalue weighted by molar-refractivity contribution is 0.237. The first-order chi connectivity index (χ1) is 9.28. The summed E-state index contributed by atoms with van der Waals surface area (Å²) in [5.74, 6) is 2.01. The van der Waals surface area contributed by atoms with E-state index in [1.165, 1.54) is 0 Å². The Morgan fingerprint density at radius 2 is 2.26 bits per heavy atom. The van der Waals surface area contributed by atoms with Crippen molar-refractivity contribution in [2.75, 3.05) is 6.61 Å². The summed E-state index contributed by atoms with van der Waals surface area (Å²) in [6.45, 7) is 1.09. The van der Waals surface area contributed by atoms with Crippen LogP contribution in [0, 0.1) is 0 Å². The molecule has 1 aromatic heterocycles. The number of fused-ring (bicyclic) bond motifs is 1. The third-order valence-electron chi connectivity index (χ3n) is 3.63. The molecular formula is C14H16ClN3O. The molecule has 5 heteroatoms. The van der Waals surface area contributed by atoms with E-state index >= 15 is 0 Å². The van der Waals surface area contributed by atoms with E-state index in [2.05, 4.69) is 14.8 Å². The number of aromatic nitrogens is 3. The lowest BCUT2D eigenvalue weighted by Gasteiger charge is -2.21. The third-order valence-corrected chi connectivity index (χ3v) is 3.86. The molecule has 0 saturated carbocycles. The molecule has 2 aromatic rings. The van der Waals surface area contributed by atoms with Gasteiger partial charge < -0.3 is 9.67 Å². The van der Waals surface area contributed by atoms with Crippen LogP contribution in [-0.2, 0) is 13.0 Å². The monoisotopic (exact) mass is 277 g/mol. The molecule has 3 rings (SSSR count). The zero-order valence-electron chi connectivity index (χ0n) is 10.6. The maximum absolute atomic E-state index is 9.37. The summed E-state index contributed by atoms with van der Waals surface area (Å²) in [5.41, 5.74) is 1.13. The quantitative estimate of drug-likeness (QED) is 0.937. The fourth-order valence-electron chi connectivity index (χ4n) is 2.65. The third kappa shape index (κ3) is 2.51. The number of aliphatic hydroxyl groups is 1. The van der Waals surface area contributed by atoms with Crippen molar-refractivity contribution in [3.05, 3.63) is 46.5 Å². The highest BCUT2D eigenvalue weighted by Crippen LogP contribution is 2.26. The predicted octanol–water partition coefficient (Wildman–Crippen LogP) is 2.39. The molecule has 0 spiro atoms. The van der Waals surface area contributed by atoms with Crippen LogP contribution in [-0.4, -0.2) is 26.5 Å². The van der Waals surface area contributed by atoms with Crippen LogP contribution >= 0.6 is 11.6 Å². The minimum atomic E-state index is 0.134. The van der Waals surface area contributed by atoms with Crippen molar-refractivity contribution in [2.45, 2.75) is 31.7 Å². The molecule has 19 heavy (non-hydrogen) atoms. The van der Waals surface area contributed by atoms with E-state index in [0.29, 0.717) is 0 Å². The Kier molecular flexibility index (Phi) is 3.53. The Morgan fingerprint density at radius 3 is 3.05 bits per heavy atom. The van der Waals surface area contributed by atoms with Gasteiger partial charge >= 0.3 is 0 Å². The van der Waals surface area contributed by atoms with E-state index in [4.69, 9.17) is 11.6 Å². The van der Waals surface area contributed by atoms with Crippen LogP contribution < -0.4 is 0 Å². The molecule has 0 saturated heterocycles. The molecule has 1 aliphatic rings. The van der Waals surface area contributed by atoms with Gasteiger partial charge in [-0.1, -0.05) is 23.7 Å². The summed E-state index contributed by atoms with van der Waals surface area (Å²) in [4.78, 5) is 0. The number of hydrogen-bond donors (Lipinski definition) is 1. The van der Waals surface area contributed by atoms with Crippen LogP contribution in [0.4, 0.5) is 0 Å². The highest BCUT2D eigenvalue weighted by molar-refractivity contribution is 6.30. The number of benzene rings is 1. The predicted molar refractivity (Wildman–Crippen MR) is 73.3 cm³/mol. The number of aliphatic hydroxyl groups excluding tert-OH is 1. The van der Waals surface area contributed by atoms with Crippen LogP contribution in [0.3, 0.4) is 0 Å². The maximum atomic E-state index is 9.37. The van der Waals surface area contributed by atoms with Gasteiger partial charge in [0, 0.05) is 23.9 Å². The van der Waals surface area contributed by atoms with Crippen LogP contribution in [0.25, 0.3) is 0 Å². The molecule has 1 unspecified atom stereocenters. The van der Waals surface area contributed by atoms with Crippen molar-refractivity contribution in [1.82, 2.24) is 14.8 Å². The molecule has 0 amide bonds. The summed E-state index contributed by atoms with van der Waals surface area (Å²) >= 11 is 6.00. The Labute approximate surface area is 117 Å². The first-order valence-electron chi connectivity index (χ1n) is 6.55. The van der Waals surface area contributed by atoms with Crippen molar-refractivity contribution < 1.29 is 5.11 Å². The van der Waals surface area contributed by atoms with Crippen molar-refractivity contribution >= 4 is 11.6 Å². The lowest BCUT2D eigenvalue weighted by atomic mass is 10.00. The molecular weight excluding hydrogens is 262 g/mol. The lowest BCUT2D eigenvalue weighted by Crippen LogP contribution is -2.20. The number of hydrogen-bond acceptors (Lipinski definition) is 3. The van der Waals surface area contributed by atoms with Gasteiger partial charge in [-0.3, -0.25) is 0 Å². The van der Waals surface area contributed by atoms with Crippen molar-refractivity contribution in [3.63, 3.8) is 0 Å². The summed E-state index contributed by atoms with van der Waals surface area (Å²) in [6, 6.07) is 7.81. The molecule has 1 aliphatic heterocycles. The second-order valence-electron chi connectivity index (χ2n) is 4.95. The van der Waals surface area contributed by atoms with Gasteiger partial charge in [0.05, 0.1) is 6.61 Å². The van der Waals surface area contributed by atoms with Crippen LogP contribution in [0.1, 0.15) is 36.0 Å². The average Bonchev–Trinajstić information content (AvgIpc) is 2.82. The van der Waals surface area contributed by atoms with Crippen LogP contribution in [0.15, 0.2) is 24.3 Å². The van der Waals surface area contributed by atoms with E-state index in [0.717, 1.165) is 48.0 Å². The summed E-state index contributed by atoms with van der Waals surface area (Å²) in [5, 5.41) is 18.6. The largest absolute Gasteiger partial charge is 0.396 e. The maximum Gasteiger partial charge on any atom is 0.138 e. The van der Waals surface area contributed by atoms with E-state index in [9.17, 15) is 5.11 Å². The zero-order valence-corrected chi connectivity index (χ0v) is 11.3. The van der Waals surface area contributed by atoms with Gasteiger partial charge in [-0.05, 0) is 30.5 Å². The molecule has 100 valence electrons. The Morgan fingerprint density at radius 1 is 1.37 bits per heavy atom. The van der Waals surface area contributed by atoms with Gasteiger partial charge in [0.25, 0.3) is 0 Å². The van der Waals surface area contributed by atoms with Gasteiger partial charge in [-0.15, -0.1) is 10.2 Å². The Hall–Kier alpha value is -1.39. The summed E-state index contributed by atoms with van der Waals surface area (Å²) in [7, 11) is 0. The summed E-state index contributed by atoms with van der Waals surface area (Å²) < 4.78 is 2.14. The highest BCUT2D eigenvalue weighted by Gasteiger charge is 2.24. The highest BCUT2D eigenvalue weighted by atomic mass is 35.5. The molecule has 0 aliphatic carbocycles. The molecule has 0 radical (unpaired) electrons. The Bertz CT molecular complexity index is 582. The number of rotatable bonds is 3. The van der Waals surface area contributed by atoms with E-state index in [-0.39, 0.29) is 12.5 Å². The average molecular weight is 278 g/mol. The minimum Gasteiger partial charge on any atom is -0.396 e. The van der Waals surface area contributed by atoms with Crippen molar-refractivity contribution in [2.24, 2.45) is 0 Å². The fourth-order valence-corrected chi connectivity index (χ4v) is 2.87. The fraction of sp³-hybridized carbons (Fsp3) is 0.429. The van der Waals surface area contributed by atoms with E-state index in [1.807, 2.05) is 24.3 Å². The molecule has 2 heterocycles. The molecule has 1 N–H and O–H groups in total. The first-order valence-corrected chi connectivity index (χ1v) is 6.93. The molecule has 1 atom stereocenters. The van der Waals surface area contributed by atoms with Gasteiger partial charge in [-0.2, -0.15) is 0 Å². The normalized spacial score (nSPS) is 18.3. The van der Waals surface area contributed by atoms with Crippen LogP contribution in [0.5, 0.6) is 0 Å². The van der Waals surface area contributed by atoms with Gasteiger partial charge in [0.15, 0.2) is 0 Å². The molecule has 4 nitrogen and oxygen atoms in total. The second-order valence-corrected chi connectivity index (χ2v) is 5.39. The second kappa shape index (κ2) is 5.31. The number of nitrogens with zero attached hydrogens (tertiary/aromatic N) is 3. The zero-order chi connectivity index (χ0) is 13.2. The SMILES string of the molecule is OCC1CCCn2c(Cc3cccc(Cl)c3)nnc21. The molecule has 0 bridgehead atoms. The first kappa shape index (κ1) is 12.6. The van der Waals surface area contributed by atoms with E-state index in [1.54, 1.807) is 0 Å². The number of halogens is 1.